The highest BCUT2D eigenvalue weighted by molar-refractivity contribution is 6.14. The van der Waals surface area contributed by atoms with Crippen LogP contribution in [0.3, 0.4) is 0 Å². The molecule has 16 heteroatoms. The molecule has 0 fully saturated rings. The van der Waals surface area contributed by atoms with Gasteiger partial charge < -0.3 is 30.3 Å². The fourth-order valence-electron chi connectivity index (χ4n) is 4.02. The molecule has 0 aliphatic rings. The summed E-state index contributed by atoms with van der Waals surface area (Å²) in [5.74, 6) is -1.00. The van der Waals surface area contributed by atoms with Gasteiger partial charge in [-0.05, 0) is 36.4 Å². The minimum absolute atomic E-state index is 0.132. The number of urea groups is 2. The second-order valence-electron chi connectivity index (χ2n) is 8.78. The van der Waals surface area contributed by atoms with E-state index in [0.29, 0.717) is 15.8 Å². The van der Waals surface area contributed by atoms with Gasteiger partial charge in [-0.25, -0.2) is 9.59 Å². The number of anilines is 4. The minimum Gasteiger partial charge on any atom is -0.505 e. The van der Waals surface area contributed by atoms with Gasteiger partial charge in [0, 0.05) is 23.9 Å². The molecule has 4 aromatic carbocycles. The van der Waals surface area contributed by atoms with Gasteiger partial charge in [0.05, 0.1) is 41.9 Å². The van der Waals surface area contributed by atoms with Crippen molar-refractivity contribution in [1.82, 2.24) is 0 Å². The molecule has 226 valence electrons. The molecule has 16 nitrogen and oxygen atoms in total. The number of amides is 4. The fourth-order valence-corrected chi connectivity index (χ4v) is 4.02. The van der Waals surface area contributed by atoms with Crippen molar-refractivity contribution >= 4 is 46.2 Å². The summed E-state index contributed by atoms with van der Waals surface area (Å²) in [7, 11) is 2.76. The van der Waals surface area contributed by atoms with Crippen molar-refractivity contribution in [3.8, 4) is 23.0 Å². The Bertz CT molecular complexity index is 1750. The maximum absolute atomic E-state index is 14.0. The molecule has 0 radical (unpaired) electrons. The predicted molar refractivity (Wildman–Crippen MR) is 159 cm³/mol. The zero-order valence-corrected chi connectivity index (χ0v) is 23.0. The van der Waals surface area contributed by atoms with E-state index in [9.17, 15) is 40.0 Å². The third-order valence-corrected chi connectivity index (χ3v) is 6.05. The molecule has 0 aliphatic heterocycles. The molecule has 0 heterocycles. The van der Waals surface area contributed by atoms with Gasteiger partial charge in [0.25, 0.3) is 11.4 Å². The van der Waals surface area contributed by atoms with Crippen molar-refractivity contribution in [1.29, 1.82) is 0 Å². The third kappa shape index (κ3) is 6.49. The average Bonchev–Trinajstić information content (AvgIpc) is 3.00. The molecular weight excluding hydrogens is 580 g/mol. The molecule has 4 N–H and O–H groups in total. The standard InChI is InChI=1S/C28H24N6O10/c1-43-20-7-5-6-17(14-20)29-27(37)31(22-12-10-18(33(39)40)15-24(22)35)32(23-13-11-19(34(41)42)16-25(23)36)28(38)30-21-8-3-4-9-26(21)44-2/h3-16,35-36H,1-2H3,(H,29,37)(H,30,38). The molecule has 4 aromatic rings. The second-order valence-corrected chi connectivity index (χ2v) is 8.78. The number of benzene rings is 4. The van der Waals surface area contributed by atoms with E-state index >= 15 is 0 Å². The number of phenolic OH excluding ortho intramolecular Hbond substituents is 2. The third-order valence-electron chi connectivity index (χ3n) is 6.05. The Labute approximate surface area is 248 Å². The van der Waals surface area contributed by atoms with E-state index in [1.165, 1.54) is 32.4 Å². The van der Waals surface area contributed by atoms with Gasteiger partial charge in [-0.2, -0.15) is 10.0 Å². The zero-order valence-electron chi connectivity index (χ0n) is 23.0. The zero-order chi connectivity index (χ0) is 32.0. The van der Waals surface area contributed by atoms with E-state index in [-0.39, 0.29) is 17.1 Å². The van der Waals surface area contributed by atoms with Crippen molar-refractivity contribution in [2.24, 2.45) is 0 Å². The van der Waals surface area contributed by atoms with Crippen LogP contribution < -0.4 is 30.1 Å². The SMILES string of the molecule is COc1cccc(NC(=O)N(c2ccc([N+](=O)[O-])cc2O)N(C(=O)Nc2ccccc2OC)c2ccc([N+](=O)[O-])cc2O)c1. The highest BCUT2D eigenvalue weighted by Crippen LogP contribution is 2.39. The summed E-state index contributed by atoms with van der Waals surface area (Å²) < 4.78 is 10.5. The van der Waals surface area contributed by atoms with E-state index in [1.54, 1.807) is 30.3 Å². The molecule has 44 heavy (non-hydrogen) atoms. The van der Waals surface area contributed by atoms with E-state index in [2.05, 4.69) is 10.6 Å². The number of carbonyl (C=O) groups excluding carboxylic acids is 2. The summed E-state index contributed by atoms with van der Waals surface area (Å²) in [6.07, 6.45) is 0. The van der Waals surface area contributed by atoms with Crippen LogP contribution in [-0.4, -0.2) is 46.3 Å². The number of para-hydroxylation sites is 2. The molecule has 0 bridgehead atoms. The maximum Gasteiger partial charge on any atom is 0.346 e. The lowest BCUT2D eigenvalue weighted by Gasteiger charge is -2.35. The number of hydrazine groups is 1. The Morgan fingerprint density at radius 3 is 1.75 bits per heavy atom. The molecule has 0 saturated heterocycles. The fraction of sp³-hybridized carbons (Fsp3) is 0.0714. The smallest absolute Gasteiger partial charge is 0.346 e. The number of phenols is 2. The Morgan fingerprint density at radius 1 is 0.705 bits per heavy atom. The number of hydrogen-bond acceptors (Lipinski definition) is 10. The molecule has 4 rings (SSSR count). The normalized spacial score (nSPS) is 10.3. The molecule has 0 unspecified atom stereocenters. The van der Waals surface area contributed by atoms with Gasteiger partial charge in [-0.15, -0.1) is 0 Å². The molecule has 0 spiro atoms. The largest absolute Gasteiger partial charge is 0.505 e. The minimum atomic E-state index is -1.11. The molecule has 0 aliphatic carbocycles. The lowest BCUT2D eigenvalue weighted by atomic mass is 10.2. The number of methoxy groups -OCH3 is 2. The first-order valence-corrected chi connectivity index (χ1v) is 12.5. The van der Waals surface area contributed by atoms with Gasteiger partial charge in [-0.3, -0.25) is 20.2 Å². The first-order valence-electron chi connectivity index (χ1n) is 12.5. The molecular formula is C28H24N6O10. The Morgan fingerprint density at radius 2 is 1.25 bits per heavy atom. The number of nitro groups is 2. The summed E-state index contributed by atoms with van der Waals surface area (Å²) in [6, 6.07) is 15.6. The van der Waals surface area contributed by atoms with Crippen LogP contribution in [0.1, 0.15) is 0 Å². The highest BCUT2D eigenvalue weighted by Gasteiger charge is 2.35. The van der Waals surface area contributed by atoms with Crippen LogP contribution in [-0.2, 0) is 0 Å². The summed E-state index contributed by atoms with van der Waals surface area (Å²) in [5.41, 5.74) is -1.62. The first kappa shape index (κ1) is 30.4. The number of rotatable bonds is 8. The van der Waals surface area contributed by atoms with Gasteiger partial charge in [0.2, 0.25) is 0 Å². The lowest BCUT2D eigenvalue weighted by molar-refractivity contribution is -0.385. The number of nitrogens with one attached hydrogen (secondary N) is 2. The number of aromatic hydroxyl groups is 2. The predicted octanol–water partition coefficient (Wildman–Crippen LogP) is 5.62. The number of non-ortho nitro benzene ring substituents is 2. The second kappa shape index (κ2) is 12.9. The van der Waals surface area contributed by atoms with E-state index < -0.39 is 56.2 Å². The number of ether oxygens (including phenoxy) is 2. The lowest BCUT2D eigenvalue weighted by Crippen LogP contribution is -2.54. The van der Waals surface area contributed by atoms with Crippen molar-refractivity contribution in [3.63, 3.8) is 0 Å². The molecule has 0 atom stereocenters. The summed E-state index contributed by atoms with van der Waals surface area (Å²) >= 11 is 0. The van der Waals surface area contributed by atoms with Crippen molar-refractivity contribution in [3.05, 3.63) is 105 Å². The van der Waals surface area contributed by atoms with Gasteiger partial charge >= 0.3 is 12.1 Å². The van der Waals surface area contributed by atoms with Crippen LogP contribution >= 0.6 is 0 Å². The number of nitrogens with zero attached hydrogens (tertiary/aromatic N) is 4. The Hall–Kier alpha value is -6.58. The molecule has 0 saturated carbocycles. The van der Waals surface area contributed by atoms with Crippen molar-refractivity contribution < 1.29 is 39.1 Å². The Balaban J connectivity index is 1.93. The van der Waals surface area contributed by atoms with Gasteiger partial charge in [-0.1, -0.05) is 18.2 Å². The Kier molecular flexibility index (Phi) is 8.94. The van der Waals surface area contributed by atoms with E-state index in [1.807, 2.05) is 0 Å². The number of nitro benzene ring substituents is 2. The van der Waals surface area contributed by atoms with Gasteiger partial charge in [0.1, 0.15) is 34.4 Å². The van der Waals surface area contributed by atoms with Crippen LogP contribution in [0.15, 0.2) is 84.9 Å². The summed E-state index contributed by atoms with van der Waals surface area (Å²) in [5, 5.41) is 50.7. The van der Waals surface area contributed by atoms with Gasteiger partial charge in [0.15, 0.2) is 0 Å². The maximum atomic E-state index is 14.0. The van der Waals surface area contributed by atoms with Crippen LogP contribution in [0.5, 0.6) is 23.0 Å². The number of hydrogen-bond donors (Lipinski definition) is 4. The highest BCUT2D eigenvalue weighted by atomic mass is 16.6. The summed E-state index contributed by atoms with van der Waals surface area (Å²) in [4.78, 5) is 49.1. The van der Waals surface area contributed by atoms with Crippen molar-refractivity contribution in [2.75, 3.05) is 34.9 Å². The van der Waals surface area contributed by atoms with Crippen LogP contribution in [0.2, 0.25) is 0 Å². The van der Waals surface area contributed by atoms with Crippen LogP contribution in [0.4, 0.5) is 43.7 Å². The topological polar surface area (TPSA) is 210 Å². The van der Waals surface area contributed by atoms with E-state index in [4.69, 9.17) is 9.47 Å². The van der Waals surface area contributed by atoms with Crippen LogP contribution in [0.25, 0.3) is 0 Å². The number of carbonyl (C=O) groups is 2. The quantitative estimate of drug-likeness (QED) is 0.144. The summed E-state index contributed by atoms with van der Waals surface area (Å²) in [6.45, 7) is 0. The first-order chi connectivity index (χ1) is 21.0. The molecule has 0 aromatic heterocycles. The monoisotopic (exact) mass is 604 g/mol. The van der Waals surface area contributed by atoms with Crippen molar-refractivity contribution in [2.45, 2.75) is 0 Å². The molecule has 4 amide bonds. The average molecular weight is 605 g/mol. The van der Waals surface area contributed by atoms with E-state index in [0.717, 1.165) is 36.4 Å². The van der Waals surface area contributed by atoms with Crippen LogP contribution in [0, 0.1) is 20.2 Å².